The molecule has 3 heterocycles. The van der Waals surface area contributed by atoms with Crippen molar-refractivity contribution in [3.63, 3.8) is 0 Å². The summed E-state index contributed by atoms with van der Waals surface area (Å²) in [4.78, 5) is 15.8. The molecule has 5 rings (SSSR count). The lowest BCUT2D eigenvalue weighted by molar-refractivity contribution is -0.00347. The molecule has 1 aromatic heterocycles. The molecule has 0 radical (unpaired) electrons. The van der Waals surface area contributed by atoms with Crippen LogP contribution in [0.2, 0.25) is 0 Å². The van der Waals surface area contributed by atoms with Crippen LogP contribution in [0.5, 0.6) is 0 Å². The number of morpholine rings is 1. The molecule has 0 unspecified atom stereocenters. The van der Waals surface area contributed by atoms with Gasteiger partial charge in [0.05, 0.1) is 38.0 Å². The molecule has 1 aliphatic carbocycles. The number of hydrogen-bond acceptors (Lipinski definition) is 4. The second-order valence-corrected chi connectivity index (χ2v) is 12.4. The van der Waals surface area contributed by atoms with Crippen molar-refractivity contribution in [2.75, 3.05) is 39.5 Å². The second kappa shape index (κ2) is 11.3. The lowest BCUT2D eigenvalue weighted by Crippen LogP contribution is -2.48. The molecule has 2 aromatic rings. The number of hydrogen-bond donors (Lipinski definition) is 1. The van der Waals surface area contributed by atoms with Gasteiger partial charge in [-0.25, -0.2) is 0 Å². The van der Waals surface area contributed by atoms with E-state index in [1.165, 1.54) is 54.5 Å². The molecule has 0 spiro atoms. The van der Waals surface area contributed by atoms with Crippen molar-refractivity contribution in [2.45, 2.75) is 84.3 Å². The summed E-state index contributed by atoms with van der Waals surface area (Å²) in [6.07, 6.45) is 6.55. The molecule has 6 nitrogen and oxygen atoms in total. The number of nitrogens with zero attached hydrogens (tertiary/aromatic N) is 2. The minimum absolute atomic E-state index is 0.0231. The summed E-state index contributed by atoms with van der Waals surface area (Å²) in [7, 11) is 0. The van der Waals surface area contributed by atoms with Crippen LogP contribution >= 0.6 is 0 Å². The van der Waals surface area contributed by atoms with E-state index in [-0.39, 0.29) is 17.4 Å². The van der Waals surface area contributed by atoms with E-state index in [0.717, 1.165) is 50.7 Å². The van der Waals surface area contributed by atoms with E-state index >= 15 is 0 Å². The number of carbonyl (C=O) groups excluding carboxylic acids is 1. The lowest BCUT2D eigenvalue weighted by atomic mass is 9.84. The Morgan fingerprint density at radius 1 is 1.00 bits per heavy atom. The maximum absolute atomic E-state index is 13.3. The Morgan fingerprint density at radius 2 is 1.73 bits per heavy atom. The SMILES string of the molecule is Cc1c(C(=O)NC2COC2)cc(-c2cc(CN3CCOCC3)cc(C(C)(C)C)c2)n1CC1CCCCC1. The van der Waals surface area contributed by atoms with Crippen molar-refractivity contribution >= 4 is 5.91 Å². The van der Waals surface area contributed by atoms with E-state index in [4.69, 9.17) is 9.47 Å². The normalized spacial score (nSPS) is 20.1. The molecule has 1 saturated carbocycles. The molecular weight excluding hydrogens is 462 g/mol. The fraction of sp³-hybridized carbons (Fsp3) is 0.645. The lowest BCUT2D eigenvalue weighted by Gasteiger charge is -2.28. The summed E-state index contributed by atoms with van der Waals surface area (Å²) in [6.45, 7) is 15.7. The van der Waals surface area contributed by atoms with Crippen molar-refractivity contribution in [1.82, 2.24) is 14.8 Å². The van der Waals surface area contributed by atoms with Gasteiger partial charge in [-0.2, -0.15) is 0 Å². The molecule has 37 heavy (non-hydrogen) atoms. The number of aromatic nitrogens is 1. The van der Waals surface area contributed by atoms with Crippen molar-refractivity contribution in [3.05, 3.63) is 46.6 Å². The topological polar surface area (TPSA) is 55.7 Å². The van der Waals surface area contributed by atoms with Crippen molar-refractivity contribution in [3.8, 4) is 11.3 Å². The Hall–Kier alpha value is -2.15. The average Bonchev–Trinajstić information content (AvgIpc) is 3.18. The molecule has 1 aromatic carbocycles. The van der Waals surface area contributed by atoms with Crippen LogP contribution in [0.15, 0.2) is 24.3 Å². The molecule has 3 fully saturated rings. The number of benzene rings is 1. The molecule has 202 valence electrons. The molecule has 1 amide bonds. The van der Waals surface area contributed by atoms with Gasteiger partial charge in [0.25, 0.3) is 5.91 Å². The first-order valence-electron chi connectivity index (χ1n) is 14.3. The summed E-state index contributed by atoms with van der Waals surface area (Å²) < 4.78 is 13.3. The highest BCUT2D eigenvalue weighted by atomic mass is 16.5. The van der Waals surface area contributed by atoms with Gasteiger partial charge < -0.3 is 19.4 Å². The summed E-state index contributed by atoms with van der Waals surface area (Å²) in [5, 5.41) is 3.17. The molecular formula is C31H45N3O3. The van der Waals surface area contributed by atoms with E-state index in [2.05, 4.69) is 66.7 Å². The van der Waals surface area contributed by atoms with E-state index < -0.39 is 0 Å². The Bertz CT molecular complexity index is 1080. The Morgan fingerprint density at radius 3 is 2.38 bits per heavy atom. The smallest absolute Gasteiger partial charge is 0.253 e. The molecule has 1 N–H and O–H groups in total. The highest BCUT2D eigenvalue weighted by Crippen LogP contribution is 2.35. The molecule has 3 aliphatic rings. The summed E-state index contributed by atoms with van der Waals surface area (Å²) >= 11 is 0. The maximum Gasteiger partial charge on any atom is 0.253 e. The van der Waals surface area contributed by atoms with Gasteiger partial charge in [0.1, 0.15) is 0 Å². The van der Waals surface area contributed by atoms with Crippen molar-refractivity contribution in [2.24, 2.45) is 5.92 Å². The molecule has 0 bridgehead atoms. The standard InChI is InChI=1S/C31H45N3O3/c1-22-28(30(35)32-27-20-37-21-27)17-29(34(22)19-23-8-6-5-7-9-23)25-14-24(15-26(16-25)31(2,3)4)18-33-10-12-36-13-11-33/h14-17,23,27H,5-13,18-21H2,1-4H3,(H,32,35). The summed E-state index contributed by atoms with van der Waals surface area (Å²) in [6, 6.07) is 9.37. The molecule has 2 aliphatic heterocycles. The van der Waals surface area contributed by atoms with Crippen LogP contribution in [0.4, 0.5) is 0 Å². The summed E-state index contributed by atoms with van der Waals surface area (Å²) in [5.41, 5.74) is 6.99. The number of carbonyl (C=O) groups is 1. The van der Waals surface area contributed by atoms with E-state index in [9.17, 15) is 4.79 Å². The first kappa shape index (κ1) is 26.5. The number of rotatable bonds is 7. The highest BCUT2D eigenvalue weighted by molar-refractivity contribution is 5.97. The summed E-state index contributed by atoms with van der Waals surface area (Å²) in [5.74, 6) is 0.697. The van der Waals surface area contributed by atoms with E-state index in [0.29, 0.717) is 19.1 Å². The fourth-order valence-electron chi connectivity index (χ4n) is 5.94. The predicted molar refractivity (Wildman–Crippen MR) is 148 cm³/mol. The van der Waals surface area contributed by atoms with Gasteiger partial charge in [-0.05, 0) is 66.0 Å². The van der Waals surface area contributed by atoms with Gasteiger partial charge in [0.2, 0.25) is 0 Å². The maximum atomic E-state index is 13.3. The van der Waals surface area contributed by atoms with Crippen LogP contribution in [0.3, 0.4) is 0 Å². The van der Waals surface area contributed by atoms with Crippen LogP contribution in [0.1, 0.15) is 80.1 Å². The van der Waals surface area contributed by atoms with Gasteiger partial charge in [0.15, 0.2) is 0 Å². The third kappa shape index (κ3) is 6.30. The Balaban J connectivity index is 1.53. The minimum atomic E-state index is 0.0231. The van der Waals surface area contributed by atoms with Gasteiger partial charge in [-0.3, -0.25) is 9.69 Å². The van der Waals surface area contributed by atoms with Gasteiger partial charge in [-0.15, -0.1) is 0 Å². The van der Waals surface area contributed by atoms with Crippen LogP contribution in [-0.4, -0.2) is 60.9 Å². The van der Waals surface area contributed by atoms with E-state index in [1.807, 2.05) is 0 Å². The average molecular weight is 508 g/mol. The first-order chi connectivity index (χ1) is 17.8. The first-order valence-corrected chi connectivity index (χ1v) is 14.3. The molecule has 2 saturated heterocycles. The monoisotopic (exact) mass is 507 g/mol. The van der Waals surface area contributed by atoms with Gasteiger partial charge in [0, 0.05) is 37.6 Å². The highest BCUT2D eigenvalue weighted by Gasteiger charge is 2.27. The molecule has 6 heteroatoms. The minimum Gasteiger partial charge on any atom is -0.379 e. The van der Waals surface area contributed by atoms with Crippen LogP contribution < -0.4 is 5.32 Å². The zero-order valence-corrected chi connectivity index (χ0v) is 23.3. The Labute approximate surface area is 222 Å². The second-order valence-electron chi connectivity index (χ2n) is 12.4. The Kier molecular flexibility index (Phi) is 8.08. The van der Waals surface area contributed by atoms with Crippen LogP contribution in [0, 0.1) is 12.8 Å². The van der Waals surface area contributed by atoms with Crippen molar-refractivity contribution < 1.29 is 14.3 Å². The van der Waals surface area contributed by atoms with Gasteiger partial charge in [-0.1, -0.05) is 46.1 Å². The number of nitrogens with one attached hydrogen (secondary N) is 1. The van der Waals surface area contributed by atoms with Crippen molar-refractivity contribution in [1.29, 1.82) is 0 Å². The van der Waals surface area contributed by atoms with E-state index in [1.54, 1.807) is 0 Å². The van der Waals surface area contributed by atoms with Gasteiger partial charge >= 0.3 is 0 Å². The third-order valence-electron chi connectivity index (χ3n) is 8.41. The largest absolute Gasteiger partial charge is 0.379 e. The van der Waals surface area contributed by atoms with Crippen LogP contribution in [-0.2, 0) is 28.0 Å². The predicted octanol–water partition coefficient (Wildman–Crippen LogP) is 5.30. The quantitative estimate of drug-likeness (QED) is 0.552. The molecule has 0 atom stereocenters. The number of amides is 1. The van der Waals surface area contributed by atoms with Crippen LogP contribution in [0.25, 0.3) is 11.3 Å². The fourth-order valence-corrected chi connectivity index (χ4v) is 5.94. The zero-order valence-electron chi connectivity index (χ0n) is 23.3. The third-order valence-corrected chi connectivity index (χ3v) is 8.41. The number of ether oxygens (including phenoxy) is 2. The zero-order chi connectivity index (χ0) is 26.0.